The van der Waals surface area contributed by atoms with Crippen LogP contribution in [0.3, 0.4) is 0 Å². The number of carbonyl (C=O) groups excluding carboxylic acids is 3. The van der Waals surface area contributed by atoms with Gasteiger partial charge in [0.25, 0.3) is 0 Å². The number of para-hydroxylation sites is 1. The van der Waals surface area contributed by atoms with Crippen molar-refractivity contribution in [3.63, 3.8) is 0 Å². The number of carbonyl (C=O) groups is 3. The predicted octanol–water partition coefficient (Wildman–Crippen LogP) is 5.07. The summed E-state index contributed by atoms with van der Waals surface area (Å²) in [5.41, 5.74) is 5.10. The molecule has 2 aliphatic rings. The molecule has 6 rings (SSSR count). The van der Waals surface area contributed by atoms with Gasteiger partial charge in [-0.05, 0) is 55.5 Å². The van der Waals surface area contributed by atoms with E-state index in [4.69, 9.17) is 33.7 Å². The van der Waals surface area contributed by atoms with Crippen molar-refractivity contribution in [3.8, 4) is 11.8 Å². The minimum atomic E-state index is -4.58. The van der Waals surface area contributed by atoms with Gasteiger partial charge >= 0.3 is 25.7 Å². The van der Waals surface area contributed by atoms with Gasteiger partial charge in [0.05, 0.1) is 24.1 Å². The number of nitrogens with two attached hydrogens (primary N) is 1. The van der Waals surface area contributed by atoms with E-state index in [-0.39, 0.29) is 29.8 Å². The minimum Gasteiger partial charge on any atom is -0.461 e. The van der Waals surface area contributed by atoms with Gasteiger partial charge in [-0.3, -0.25) is 18.9 Å². The molecule has 2 aromatic heterocycles. The molecule has 2 fully saturated rings. The Kier molecular flexibility index (Phi) is 12.4. The SMILES string of the molecule is CC(C)C(=O)O[C@H]1[C@@H](OC(=O)C(C)C)[C@](C#N)(c2ccc3c(N)ncnn23)O[C@@H]1CO[P@@](=O)(N[C@@H](Cc1ccccc1)C(=O)OC1CCC1)Oc1ccccc1. The van der Waals surface area contributed by atoms with Crippen molar-refractivity contribution in [2.75, 3.05) is 12.3 Å². The molecule has 3 heterocycles. The molecule has 0 radical (unpaired) electrons. The van der Waals surface area contributed by atoms with Crippen LogP contribution in [-0.2, 0) is 54.4 Å². The summed E-state index contributed by atoms with van der Waals surface area (Å²) in [6.45, 7) is 5.78. The summed E-state index contributed by atoms with van der Waals surface area (Å²) < 4.78 is 52.5. The van der Waals surface area contributed by atoms with E-state index in [1.165, 1.54) is 16.9 Å². The van der Waals surface area contributed by atoms with Gasteiger partial charge in [0, 0.05) is 0 Å². The smallest absolute Gasteiger partial charge is 0.459 e. The number of nitrogen functional groups attached to an aromatic ring is 1. The largest absolute Gasteiger partial charge is 0.461 e. The zero-order valence-electron chi connectivity index (χ0n) is 31.5. The summed E-state index contributed by atoms with van der Waals surface area (Å²) in [5.74, 6) is -3.11. The Hall–Kier alpha value is -5.33. The Morgan fingerprint density at radius 2 is 1.62 bits per heavy atom. The number of rotatable bonds is 16. The first kappa shape index (κ1) is 40.3. The molecule has 4 aromatic rings. The third kappa shape index (κ3) is 8.87. The van der Waals surface area contributed by atoms with Gasteiger partial charge in [0.1, 0.15) is 41.9 Å². The number of nitrogens with zero attached hydrogens (tertiary/aromatic N) is 4. The second-order valence-electron chi connectivity index (χ2n) is 14.3. The van der Waals surface area contributed by atoms with Crippen molar-refractivity contribution in [1.82, 2.24) is 19.7 Å². The number of nitriles is 1. The van der Waals surface area contributed by atoms with Gasteiger partial charge in [0.15, 0.2) is 18.0 Å². The van der Waals surface area contributed by atoms with Crippen molar-refractivity contribution in [2.45, 2.75) is 89.4 Å². The molecule has 1 saturated carbocycles. The maximum Gasteiger partial charge on any atom is 0.459 e. The van der Waals surface area contributed by atoms with E-state index in [9.17, 15) is 24.2 Å². The lowest BCUT2D eigenvalue weighted by Gasteiger charge is -2.30. The van der Waals surface area contributed by atoms with E-state index in [0.717, 1.165) is 12.0 Å². The number of hydrogen-bond acceptors (Lipinski definition) is 14. The van der Waals surface area contributed by atoms with Crippen molar-refractivity contribution in [2.24, 2.45) is 11.8 Å². The highest BCUT2D eigenvalue weighted by molar-refractivity contribution is 7.52. The van der Waals surface area contributed by atoms with E-state index in [2.05, 4.69) is 21.2 Å². The Morgan fingerprint density at radius 3 is 2.25 bits per heavy atom. The molecule has 0 unspecified atom stereocenters. The Balaban J connectivity index is 1.39. The lowest BCUT2D eigenvalue weighted by Crippen LogP contribution is -2.47. The highest BCUT2D eigenvalue weighted by Crippen LogP contribution is 2.49. The minimum absolute atomic E-state index is 0.0729. The Morgan fingerprint density at radius 1 is 0.964 bits per heavy atom. The van der Waals surface area contributed by atoms with E-state index >= 15 is 0 Å². The van der Waals surface area contributed by atoms with Crippen LogP contribution in [0.5, 0.6) is 5.75 Å². The quantitative estimate of drug-likeness (QED) is 0.0862. The van der Waals surface area contributed by atoms with E-state index in [1.54, 1.807) is 64.1 Å². The molecule has 6 atom stereocenters. The molecular formula is C39H45N6O10P. The van der Waals surface area contributed by atoms with Crippen molar-refractivity contribution in [3.05, 3.63) is 90.4 Å². The third-order valence-electron chi connectivity index (χ3n) is 9.46. The number of fused-ring (bicyclic) bond motifs is 1. The van der Waals surface area contributed by atoms with Gasteiger partial charge in [-0.25, -0.2) is 14.1 Å². The Labute approximate surface area is 324 Å². The molecule has 56 heavy (non-hydrogen) atoms. The molecule has 1 aliphatic heterocycles. The fraction of sp³-hybridized carbons (Fsp3) is 0.436. The fourth-order valence-electron chi connectivity index (χ4n) is 6.17. The summed E-state index contributed by atoms with van der Waals surface area (Å²) in [7, 11) is -4.58. The molecule has 0 bridgehead atoms. The van der Waals surface area contributed by atoms with E-state index in [1.807, 2.05) is 30.3 Å². The van der Waals surface area contributed by atoms with Crippen molar-refractivity contribution >= 4 is 37.0 Å². The number of nitrogens with one attached hydrogen (secondary N) is 1. The van der Waals surface area contributed by atoms with Crippen LogP contribution in [0.2, 0.25) is 0 Å². The second-order valence-corrected chi connectivity index (χ2v) is 16.0. The van der Waals surface area contributed by atoms with Crippen LogP contribution in [0.4, 0.5) is 5.82 Å². The zero-order valence-corrected chi connectivity index (χ0v) is 32.4. The fourth-order valence-corrected chi connectivity index (χ4v) is 7.67. The van der Waals surface area contributed by atoms with Crippen LogP contribution < -0.4 is 15.3 Å². The molecule has 2 aromatic carbocycles. The number of hydrogen-bond donors (Lipinski definition) is 2. The standard InChI is InChI=1S/C39H45N6O10P/c1-24(2)36(46)52-33-31(54-39(22-40,34(33)53-37(47)25(3)4)32-19-18-30-35(41)42-23-43-45(30)32)21-50-56(49,55-28-14-9-6-10-15-28)44-29(20-26-12-7-5-8-13-26)38(48)51-27-16-11-17-27/h5-10,12-15,18-19,23-25,27,29,31,33-34H,11,16-17,20-21H2,1-4H3,(H,44,49)(H2,41,42,43)/t29-,31+,33+,34+,39-,56-/m0/s1. The van der Waals surface area contributed by atoms with Crippen LogP contribution in [0, 0.1) is 23.2 Å². The van der Waals surface area contributed by atoms with Crippen molar-refractivity contribution < 1.29 is 46.9 Å². The molecule has 17 heteroatoms. The second kappa shape index (κ2) is 17.2. The highest BCUT2D eigenvalue weighted by Gasteiger charge is 2.63. The lowest BCUT2D eigenvalue weighted by molar-refractivity contribution is -0.173. The van der Waals surface area contributed by atoms with Gasteiger partial charge in [-0.1, -0.05) is 76.2 Å². The first-order valence-corrected chi connectivity index (χ1v) is 20.0. The first-order valence-electron chi connectivity index (χ1n) is 18.4. The number of anilines is 1. The van der Waals surface area contributed by atoms with Crippen LogP contribution in [0.1, 0.15) is 58.2 Å². The van der Waals surface area contributed by atoms with Gasteiger partial charge < -0.3 is 29.2 Å². The summed E-state index contributed by atoms with van der Waals surface area (Å²) >= 11 is 0. The lowest BCUT2D eigenvalue weighted by atomic mass is 9.92. The molecular weight excluding hydrogens is 743 g/mol. The molecule has 0 spiro atoms. The third-order valence-corrected chi connectivity index (χ3v) is 11.0. The van der Waals surface area contributed by atoms with Gasteiger partial charge in [-0.15, -0.1) is 0 Å². The maximum atomic E-state index is 15.0. The summed E-state index contributed by atoms with van der Waals surface area (Å²) in [4.78, 5) is 44.2. The molecule has 3 N–H and O–H groups in total. The zero-order chi connectivity index (χ0) is 40.0. The van der Waals surface area contributed by atoms with E-state index in [0.29, 0.717) is 18.4 Å². The molecule has 16 nitrogen and oxygen atoms in total. The molecule has 0 amide bonds. The average molecular weight is 789 g/mol. The molecule has 1 aliphatic carbocycles. The first-order chi connectivity index (χ1) is 26.8. The van der Waals surface area contributed by atoms with Crippen LogP contribution in [0.15, 0.2) is 79.1 Å². The predicted molar refractivity (Wildman–Crippen MR) is 200 cm³/mol. The van der Waals surface area contributed by atoms with Crippen LogP contribution in [0.25, 0.3) is 5.52 Å². The summed E-state index contributed by atoms with van der Waals surface area (Å²) in [6, 6.07) is 21.3. The normalized spacial score (nSPS) is 22.5. The van der Waals surface area contributed by atoms with E-state index < -0.39 is 74.1 Å². The molecule has 296 valence electrons. The summed E-state index contributed by atoms with van der Waals surface area (Å²) in [6.07, 6.45) is -1.13. The van der Waals surface area contributed by atoms with Crippen molar-refractivity contribution in [1.29, 1.82) is 5.26 Å². The number of benzene rings is 2. The topological polar surface area (TPSA) is 216 Å². The molecule has 1 saturated heterocycles. The number of ether oxygens (including phenoxy) is 4. The Bertz CT molecular complexity index is 2110. The maximum absolute atomic E-state index is 15.0. The average Bonchev–Trinajstić information content (AvgIpc) is 3.73. The number of aromatic nitrogens is 3. The van der Waals surface area contributed by atoms with Crippen LogP contribution in [-0.4, -0.2) is 69.6 Å². The highest BCUT2D eigenvalue weighted by atomic mass is 31.2. The van der Waals surface area contributed by atoms with Crippen LogP contribution >= 0.6 is 7.75 Å². The summed E-state index contributed by atoms with van der Waals surface area (Å²) in [5, 5.41) is 18.1. The number of esters is 3. The van der Waals surface area contributed by atoms with Gasteiger partial charge in [-0.2, -0.15) is 15.4 Å². The van der Waals surface area contributed by atoms with Gasteiger partial charge in [0.2, 0.25) is 5.60 Å². The monoisotopic (exact) mass is 788 g/mol.